The molecule has 0 aromatic carbocycles. The van der Waals surface area contributed by atoms with E-state index in [9.17, 15) is 4.79 Å². The van der Waals surface area contributed by atoms with Gasteiger partial charge in [-0.1, -0.05) is 0 Å². The van der Waals surface area contributed by atoms with Crippen molar-refractivity contribution in [1.82, 2.24) is 4.98 Å². The average Bonchev–Trinajstić information content (AvgIpc) is 2.09. The van der Waals surface area contributed by atoms with E-state index in [4.69, 9.17) is 11.5 Å². The van der Waals surface area contributed by atoms with Gasteiger partial charge < -0.3 is 16.8 Å². The van der Waals surface area contributed by atoms with Gasteiger partial charge in [0.1, 0.15) is 0 Å². The highest BCUT2D eigenvalue weighted by atomic mass is 16.1. The van der Waals surface area contributed by atoms with Crippen LogP contribution in [-0.4, -0.2) is 17.4 Å². The van der Waals surface area contributed by atoms with E-state index in [0.717, 1.165) is 0 Å². The summed E-state index contributed by atoms with van der Waals surface area (Å²) in [6.07, 6.45) is 1.54. The Morgan fingerprint density at radius 2 is 2.42 bits per heavy atom. The molecule has 0 atom stereocenters. The largest absolute Gasteiger partial charge is 0.396 e. The molecule has 0 spiro atoms. The molecule has 1 heterocycles. The molecule has 0 bridgehead atoms. The number of amides is 1. The third-order valence-electron chi connectivity index (χ3n) is 1.28. The Kier molecular flexibility index (Phi) is 2.60. The van der Waals surface area contributed by atoms with Gasteiger partial charge in [-0.05, 0) is 12.1 Å². The summed E-state index contributed by atoms with van der Waals surface area (Å²) in [5.74, 6) is 0.0494. The average molecular weight is 166 g/mol. The predicted octanol–water partition coefficient (Wildman–Crippen LogP) is -0.439. The van der Waals surface area contributed by atoms with E-state index in [0.29, 0.717) is 11.5 Å². The van der Waals surface area contributed by atoms with Crippen LogP contribution in [0.1, 0.15) is 0 Å². The lowest BCUT2D eigenvalue weighted by Crippen LogP contribution is -2.22. The molecule has 0 aliphatic carbocycles. The van der Waals surface area contributed by atoms with Crippen LogP contribution >= 0.6 is 0 Å². The Morgan fingerprint density at radius 3 is 3.00 bits per heavy atom. The highest BCUT2D eigenvalue weighted by Crippen LogP contribution is 2.11. The summed E-state index contributed by atoms with van der Waals surface area (Å²) in [5, 5.41) is 2.46. The molecule has 0 saturated heterocycles. The van der Waals surface area contributed by atoms with Crippen molar-refractivity contribution in [1.29, 1.82) is 0 Å². The van der Waals surface area contributed by atoms with Crippen LogP contribution < -0.4 is 16.8 Å². The van der Waals surface area contributed by atoms with Crippen LogP contribution in [0.25, 0.3) is 0 Å². The first-order valence-electron chi connectivity index (χ1n) is 3.44. The molecule has 0 unspecified atom stereocenters. The van der Waals surface area contributed by atoms with Gasteiger partial charge in [0, 0.05) is 6.20 Å². The fourth-order valence-corrected chi connectivity index (χ4v) is 0.705. The topological polar surface area (TPSA) is 94.0 Å². The molecular formula is C7H10N4O. The number of carbonyl (C=O) groups excluding carboxylic acids is 1. The van der Waals surface area contributed by atoms with Gasteiger partial charge >= 0.3 is 0 Å². The second-order valence-corrected chi connectivity index (χ2v) is 2.19. The fraction of sp³-hybridized carbons (Fsp3) is 0.143. The monoisotopic (exact) mass is 166 g/mol. The Balaban J connectivity index is 2.75. The standard InChI is InChI=1S/C7H10N4O/c8-4-6(12)11-7-5(9)2-1-3-10-7/h1-3H,4,8-9H2,(H,10,11,12). The molecule has 5 nitrogen and oxygen atoms in total. The third kappa shape index (κ3) is 1.93. The second-order valence-electron chi connectivity index (χ2n) is 2.19. The van der Waals surface area contributed by atoms with Gasteiger partial charge in [0.2, 0.25) is 5.91 Å². The molecule has 1 amide bonds. The first-order valence-corrected chi connectivity index (χ1v) is 3.44. The summed E-state index contributed by atoms with van der Waals surface area (Å²) >= 11 is 0. The maximum absolute atomic E-state index is 10.8. The van der Waals surface area contributed by atoms with E-state index < -0.39 is 0 Å². The second kappa shape index (κ2) is 3.68. The van der Waals surface area contributed by atoms with Crippen molar-refractivity contribution in [2.45, 2.75) is 0 Å². The van der Waals surface area contributed by atoms with Crippen molar-refractivity contribution in [2.24, 2.45) is 5.73 Å². The van der Waals surface area contributed by atoms with Crippen LogP contribution in [0.3, 0.4) is 0 Å². The van der Waals surface area contributed by atoms with Crippen LogP contribution in [-0.2, 0) is 4.79 Å². The predicted molar refractivity (Wildman–Crippen MR) is 46.3 cm³/mol. The zero-order valence-electron chi connectivity index (χ0n) is 6.45. The summed E-state index contributed by atoms with van der Waals surface area (Å²) in [4.78, 5) is 14.7. The summed E-state index contributed by atoms with van der Waals surface area (Å²) in [5.41, 5.74) is 11.0. The van der Waals surface area contributed by atoms with Crippen molar-refractivity contribution in [3.63, 3.8) is 0 Å². The molecule has 0 fully saturated rings. The van der Waals surface area contributed by atoms with Gasteiger partial charge in [-0.2, -0.15) is 0 Å². The van der Waals surface area contributed by atoms with Gasteiger partial charge in [0.25, 0.3) is 0 Å². The highest BCUT2D eigenvalue weighted by Gasteiger charge is 2.02. The minimum absolute atomic E-state index is 0.0734. The highest BCUT2D eigenvalue weighted by molar-refractivity contribution is 5.93. The first kappa shape index (κ1) is 8.48. The van der Waals surface area contributed by atoms with Crippen molar-refractivity contribution >= 4 is 17.4 Å². The number of nitrogens with two attached hydrogens (primary N) is 2. The van der Waals surface area contributed by atoms with Gasteiger partial charge in [-0.25, -0.2) is 4.98 Å². The van der Waals surface area contributed by atoms with E-state index in [1.54, 1.807) is 18.3 Å². The normalized spacial score (nSPS) is 9.42. The van der Waals surface area contributed by atoms with Crippen molar-refractivity contribution in [2.75, 3.05) is 17.6 Å². The summed E-state index contributed by atoms with van der Waals surface area (Å²) in [7, 11) is 0. The molecule has 64 valence electrons. The Hall–Kier alpha value is -1.62. The number of aromatic nitrogens is 1. The number of nitrogen functional groups attached to an aromatic ring is 1. The molecule has 12 heavy (non-hydrogen) atoms. The molecule has 1 rings (SSSR count). The summed E-state index contributed by atoms with van der Waals surface area (Å²) in [6, 6.07) is 3.34. The van der Waals surface area contributed by atoms with Crippen molar-refractivity contribution in [3.05, 3.63) is 18.3 Å². The van der Waals surface area contributed by atoms with Crippen molar-refractivity contribution < 1.29 is 4.79 Å². The number of nitrogens with one attached hydrogen (secondary N) is 1. The molecular weight excluding hydrogens is 156 g/mol. The van der Waals surface area contributed by atoms with Crippen molar-refractivity contribution in [3.8, 4) is 0 Å². The smallest absolute Gasteiger partial charge is 0.239 e. The molecule has 0 aliphatic rings. The van der Waals surface area contributed by atoms with Crippen LogP contribution in [0.5, 0.6) is 0 Å². The quantitative estimate of drug-likeness (QED) is 0.555. The Morgan fingerprint density at radius 1 is 1.67 bits per heavy atom. The molecule has 1 aromatic rings. The van der Waals surface area contributed by atoms with Gasteiger partial charge in [-0.15, -0.1) is 0 Å². The number of rotatable bonds is 2. The van der Waals surface area contributed by atoms with Crippen LogP contribution in [0, 0.1) is 0 Å². The zero-order chi connectivity index (χ0) is 8.97. The minimum atomic E-state index is -0.305. The van der Waals surface area contributed by atoms with E-state index in [1.807, 2.05) is 0 Å². The SMILES string of the molecule is NCC(=O)Nc1ncccc1N. The number of nitrogens with zero attached hydrogens (tertiary/aromatic N) is 1. The zero-order valence-corrected chi connectivity index (χ0v) is 6.45. The maximum atomic E-state index is 10.8. The van der Waals surface area contributed by atoms with E-state index in [1.165, 1.54) is 0 Å². The first-order chi connectivity index (χ1) is 5.74. The lowest BCUT2D eigenvalue weighted by molar-refractivity contribution is -0.114. The maximum Gasteiger partial charge on any atom is 0.239 e. The molecule has 5 heteroatoms. The van der Waals surface area contributed by atoms with E-state index in [2.05, 4.69) is 10.3 Å². The minimum Gasteiger partial charge on any atom is -0.396 e. The molecule has 5 N–H and O–H groups in total. The molecule has 1 aromatic heterocycles. The summed E-state index contributed by atoms with van der Waals surface area (Å²) < 4.78 is 0. The Labute approximate surface area is 69.8 Å². The Bertz CT molecular complexity index is 286. The molecule has 0 saturated carbocycles. The van der Waals surface area contributed by atoms with Gasteiger partial charge in [-0.3, -0.25) is 4.79 Å². The summed E-state index contributed by atoms with van der Waals surface area (Å²) in [6.45, 7) is -0.0734. The van der Waals surface area contributed by atoms with Crippen LogP contribution in [0.15, 0.2) is 18.3 Å². The number of anilines is 2. The third-order valence-corrected chi connectivity index (χ3v) is 1.28. The number of pyridine rings is 1. The van der Waals surface area contributed by atoms with Gasteiger partial charge in [0.05, 0.1) is 12.2 Å². The number of carbonyl (C=O) groups is 1. The van der Waals surface area contributed by atoms with E-state index in [-0.39, 0.29) is 12.5 Å². The lowest BCUT2D eigenvalue weighted by atomic mass is 10.4. The fourth-order valence-electron chi connectivity index (χ4n) is 0.705. The molecule has 0 radical (unpaired) electrons. The van der Waals surface area contributed by atoms with Crippen LogP contribution in [0.4, 0.5) is 11.5 Å². The number of hydrogen-bond acceptors (Lipinski definition) is 4. The van der Waals surface area contributed by atoms with E-state index >= 15 is 0 Å². The van der Waals surface area contributed by atoms with Crippen LogP contribution in [0.2, 0.25) is 0 Å². The van der Waals surface area contributed by atoms with Gasteiger partial charge in [0.15, 0.2) is 5.82 Å². The lowest BCUT2D eigenvalue weighted by Gasteiger charge is -2.03. The molecule has 0 aliphatic heterocycles. The number of hydrogen-bond donors (Lipinski definition) is 3.